The fraction of sp³-hybridized carbons (Fsp3) is 0. The number of hydrogen-bond donors (Lipinski definition) is 1. The zero-order chi connectivity index (χ0) is 24.3. The van der Waals surface area contributed by atoms with Gasteiger partial charge in [-0.1, -0.05) is 11.6 Å². The summed E-state index contributed by atoms with van der Waals surface area (Å²) in [7, 11) is 0. The quantitative estimate of drug-likeness (QED) is 0.293. The maximum Gasteiger partial charge on any atom is 0.335 e. The number of hydrogen-bond acceptors (Lipinski definition) is 7. The molecule has 0 atom stereocenters. The fourth-order valence-electron chi connectivity index (χ4n) is 2.60. The summed E-state index contributed by atoms with van der Waals surface area (Å²) in [5.74, 6) is -3.11. The molecule has 0 saturated carbocycles. The summed E-state index contributed by atoms with van der Waals surface area (Å²) in [6.07, 6.45) is 0. The number of nitrogens with zero attached hydrogens (tertiary/aromatic N) is 3. The Hall–Kier alpha value is -4.45. The molecule has 1 aromatic heterocycles. The van der Waals surface area contributed by atoms with Crippen molar-refractivity contribution in [1.29, 1.82) is 0 Å². The number of fused-ring (bicyclic) bond motifs is 1. The first-order valence-electron chi connectivity index (χ1n) is 8.74. The first kappa shape index (κ1) is 23.2. The molecule has 0 spiro atoms. The van der Waals surface area contributed by atoms with Gasteiger partial charge in [-0.05, 0) is 42.5 Å². The number of oxazole rings is 1. The highest BCUT2D eigenvalue weighted by atomic mass is 35.5. The molecule has 3 aromatic carbocycles. The van der Waals surface area contributed by atoms with Crippen LogP contribution in [0.15, 0.2) is 59.0 Å². The number of nitro groups is 2. The van der Waals surface area contributed by atoms with Crippen LogP contribution in [0.25, 0.3) is 22.6 Å². The van der Waals surface area contributed by atoms with Crippen molar-refractivity contribution in [3.63, 3.8) is 0 Å². The molecule has 0 amide bonds. The molecule has 13 heteroatoms. The van der Waals surface area contributed by atoms with E-state index in [9.17, 15) is 33.8 Å². The van der Waals surface area contributed by atoms with Crippen LogP contribution in [0.3, 0.4) is 0 Å². The van der Waals surface area contributed by atoms with Crippen LogP contribution in [-0.4, -0.2) is 25.9 Å². The van der Waals surface area contributed by atoms with E-state index in [0.29, 0.717) is 27.8 Å². The minimum Gasteiger partial charge on any atom is -0.478 e. The molecule has 168 valence electrons. The molecular formula is C20H10ClF2N3O7. The summed E-state index contributed by atoms with van der Waals surface area (Å²) >= 11 is 5.84. The average Bonchev–Trinajstić information content (AvgIpc) is 3.17. The Morgan fingerprint density at radius 3 is 2.15 bits per heavy atom. The van der Waals surface area contributed by atoms with Gasteiger partial charge in [-0.15, -0.1) is 0 Å². The maximum atomic E-state index is 13.3. The van der Waals surface area contributed by atoms with Gasteiger partial charge in [-0.25, -0.2) is 9.78 Å². The van der Waals surface area contributed by atoms with Gasteiger partial charge in [0.25, 0.3) is 0 Å². The average molecular weight is 478 g/mol. The van der Waals surface area contributed by atoms with Crippen LogP contribution >= 0.6 is 11.6 Å². The zero-order valence-corrected chi connectivity index (χ0v) is 16.8. The van der Waals surface area contributed by atoms with Crippen LogP contribution in [0.4, 0.5) is 20.2 Å². The highest BCUT2D eigenvalue weighted by Gasteiger charge is 2.18. The van der Waals surface area contributed by atoms with Crippen molar-refractivity contribution >= 4 is 40.0 Å². The predicted octanol–water partition coefficient (Wildman–Crippen LogP) is 5.63. The lowest BCUT2D eigenvalue weighted by Crippen LogP contribution is -1.99. The third-order valence-corrected chi connectivity index (χ3v) is 4.36. The highest BCUT2D eigenvalue weighted by Crippen LogP contribution is 2.29. The van der Waals surface area contributed by atoms with Crippen LogP contribution in [-0.2, 0) is 0 Å². The molecule has 4 aromatic rings. The van der Waals surface area contributed by atoms with E-state index < -0.39 is 38.8 Å². The Morgan fingerprint density at radius 1 is 0.939 bits per heavy atom. The molecule has 1 N–H and O–H groups in total. The van der Waals surface area contributed by atoms with Crippen molar-refractivity contribution in [3.8, 4) is 11.5 Å². The van der Waals surface area contributed by atoms with Crippen molar-refractivity contribution < 1.29 is 32.9 Å². The molecule has 0 aliphatic carbocycles. The summed E-state index contributed by atoms with van der Waals surface area (Å²) in [5, 5.41) is 29.8. The molecule has 1 heterocycles. The highest BCUT2D eigenvalue weighted by molar-refractivity contribution is 6.31. The zero-order valence-electron chi connectivity index (χ0n) is 16.1. The van der Waals surface area contributed by atoms with E-state index in [2.05, 4.69) is 4.98 Å². The minimum absolute atomic E-state index is 0.172. The Bertz CT molecular complexity index is 1410. The molecule has 0 radical (unpaired) electrons. The maximum absolute atomic E-state index is 13.3. The molecule has 10 nitrogen and oxygen atoms in total. The van der Waals surface area contributed by atoms with Gasteiger partial charge in [0.1, 0.15) is 5.52 Å². The standard InChI is InChI=1S/C13H6ClFN2O3.C7H4FNO4/c14-8-2-4-12-10(6-8)16-13(20-12)7-1-3-9(15)11(5-7)17(18)19;8-5-2-1-4(7(10)11)3-6(5)9(12)13/h1-6H;1-3H,(H,10,11). The van der Waals surface area contributed by atoms with Gasteiger partial charge >= 0.3 is 17.3 Å². The lowest BCUT2D eigenvalue weighted by molar-refractivity contribution is -0.387. The van der Waals surface area contributed by atoms with E-state index in [-0.39, 0.29) is 11.5 Å². The van der Waals surface area contributed by atoms with Gasteiger partial charge in [-0.3, -0.25) is 20.2 Å². The molecule has 0 aliphatic rings. The Labute approximate surface area is 187 Å². The number of carboxylic acid groups (broad SMARTS) is 1. The lowest BCUT2D eigenvalue weighted by Gasteiger charge is -1.97. The van der Waals surface area contributed by atoms with Gasteiger partial charge in [-0.2, -0.15) is 8.78 Å². The van der Waals surface area contributed by atoms with Crippen molar-refractivity contribution in [3.05, 3.63) is 97.0 Å². The van der Waals surface area contributed by atoms with Crippen molar-refractivity contribution in [2.24, 2.45) is 0 Å². The first-order valence-corrected chi connectivity index (χ1v) is 9.12. The number of carbonyl (C=O) groups is 1. The van der Waals surface area contributed by atoms with Crippen molar-refractivity contribution in [1.82, 2.24) is 4.98 Å². The van der Waals surface area contributed by atoms with Gasteiger partial charge in [0.15, 0.2) is 5.58 Å². The Kier molecular flexibility index (Phi) is 6.59. The summed E-state index contributed by atoms with van der Waals surface area (Å²) < 4.78 is 31.4. The van der Waals surface area contributed by atoms with E-state index in [1.807, 2.05) is 0 Å². The predicted molar refractivity (Wildman–Crippen MR) is 111 cm³/mol. The molecule has 0 saturated heterocycles. The van der Waals surface area contributed by atoms with Crippen LogP contribution in [0.2, 0.25) is 5.02 Å². The van der Waals surface area contributed by atoms with Gasteiger partial charge < -0.3 is 9.52 Å². The number of benzene rings is 3. The number of aromatic nitrogens is 1. The van der Waals surface area contributed by atoms with Gasteiger partial charge in [0.2, 0.25) is 17.5 Å². The van der Waals surface area contributed by atoms with Crippen LogP contribution < -0.4 is 0 Å². The molecular weight excluding hydrogens is 468 g/mol. The number of nitro benzene ring substituents is 2. The summed E-state index contributed by atoms with van der Waals surface area (Å²) in [6.45, 7) is 0. The van der Waals surface area contributed by atoms with Crippen molar-refractivity contribution in [2.75, 3.05) is 0 Å². The normalized spacial score (nSPS) is 10.4. The number of rotatable bonds is 4. The van der Waals surface area contributed by atoms with Crippen LogP contribution in [0.5, 0.6) is 0 Å². The second-order valence-electron chi connectivity index (χ2n) is 6.28. The van der Waals surface area contributed by atoms with E-state index in [1.54, 1.807) is 18.2 Å². The lowest BCUT2D eigenvalue weighted by atomic mass is 10.2. The molecule has 0 bridgehead atoms. The monoisotopic (exact) mass is 477 g/mol. The third-order valence-electron chi connectivity index (χ3n) is 4.13. The smallest absolute Gasteiger partial charge is 0.335 e. The molecule has 0 aliphatic heterocycles. The van der Waals surface area contributed by atoms with Gasteiger partial charge in [0, 0.05) is 22.7 Å². The summed E-state index contributed by atoms with van der Waals surface area (Å²) in [6, 6.07) is 10.8. The first-order chi connectivity index (χ1) is 15.6. The van der Waals surface area contributed by atoms with Crippen molar-refractivity contribution in [2.45, 2.75) is 0 Å². The van der Waals surface area contributed by atoms with E-state index in [0.717, 1.165) is 24.3 Å². The Morgan fingerprint density at radius 2 is 1.55 bits per heavy atom. The fourth-order valence-corrected chi connectivity index (χ4v) is 2.76. The second kappa shape index (κ2) is 9.36. The van der Waals surface area contributed by atoms with Gasteiger partial charge in [0.05, 0.1) is 15.4 Å². The Balaban J connectivity index is 0.000000205. The third kappa shape index (κ3) is 5.25. The SMILES string of the molecule is O=C(O)c1ccc(F)c([N+](=O)[O-])c1.O=[N+]([O-])c1cc(-c2nc3cc(Cl)ccc3o2)ccc1F. The van der Waals surface area contributed by atoms with Crippen LogP contribution in [0, 0.1) is 31.9 Å². The molecule has 0 unspecified atom stereocenters. The van der Waals surface area contributed by atoms with Crippen LogP contribution in [0.1, 0.15) is 10.4 Å². The topological polar surface area (TPSA) is 150 Å². The summed E-state index contributed by atoms with van der Waals surface area (Å²) in [4.78, 5) is 33.6. The number of aromatic carboxylic acids is 1. The molecule has 33 heavy (non-hydrogen) atoms. The number of halogens is 3. The largest absolute Gasteiger partial charge is 0.478 e. The minimum atomic E-state index is -1.33. The van der Waals surface area contributed by atoms with E-state index >= 15 is 0 Å². The summed E-state index contributed by atoms with van der Waals surface area (Å²) in [5.41, 5.74) is -0.419. The van der Waals surface area contributed by atoms with E-state index in [4.69, 9.17) is 21.1 Å². The molecule has 0 fully saturated rings. The molecule has 4 rings (SSSR count). The van der Waals surface area contributed by atoms with E-state index in [1.165, 1.54) is 6.07 Å². The number of carboxylic acids is 1. The second-order valence-corrected chi connectivity index (χ2v) is 6.72.